The zero-order chi connectivity index (χ0) is 24.8. The number of carbonyl (C=O) groups excluding carboxylic acids is 2. The van der Waals surface area contributed by atoms with Crippen molar-refractivity contribution in [2.75, 3.05) is 10.7 Å². The highest BCUT2D eigenvalue weighted by Crippen LogP contribution is 2.51. The fourth-order valence-electron chi connectivity index (χ4n) is 4.26. The summed E-state index contributed by atoms with van der Waals surface area (Å²) in [5.41, 5.74) is 13.4. The Labute approximate surface area is 214 Å². The third-order valence-electron chi connectivity index (χ3n) is 5.58. The van der Waals surface area contributed by atoms with E-state index in [2.05, 4.69) is 16.3 Å². The number of nitrogens with two attached hydrogens (primary N) is 2. The van der Waals surface area contributed by atoms with E-state index in [9.17, 15) is 14.9 Å². The predicted molar refractivity (Wildman–Crippen MR) is 133 cm³/mol. The molecule has 12 heteroatoms. The van der Waals surface area contributed by atoms with Crippen LogP contribution in [0.15, 0.2) is 45.2 Å². The van der Waals surface area contributed by atoms with E-state index < -0.39 is 11.8 Å². The standard InChI is InChI=1S/C22H20Cl2N6O2S2/c1-22(2)6-14-18(15(31)7-22)17(11-4-3-10(23)5-13(11)24)12(8-25)19(27)30(14)20-28-29-21(34-20)33-9-16(26)32/h3-5,17H,6-7,9,27H2,1-2H3,(H2,26,32). The number of nitriles is 1. The van der Waals surface area contributed by atoms with Gasteiger partial charge in [0.25, 0.3) is 0 Å². The number of primary amides is 1. The van der Waals surface area contributed by atoms with Gasteiger partial charge in [-0.1, -0.05) is 66.2 Å². The van der Waals surface area contributed by atoms with Gasteiger partial charge in [-0.3, -0.25) is 14.5 Å². The molecule has 0 fully saturated rings. The second-order valence-electron chi connectivity index (χ2n) is 8.75. The lowest BCUT2D eigenvalue weighted by Gasteiger charge is -2.42. The van der Waals surface area contributed by atoms with Gasteiger partial charge in [-0.15, -0.1) is 10.2 Å². The fourth-order valence-corrected chi connectivity index (χ4v) is 6.40. The summed E-state index contributed by atoms with van der Waals surface area (Å²) in [6.07, 6.45) is 0.842. The molecule has 4 N–H and O–H groups in total. The number of rotatable bonds is 5. The number of ketones is 1. The molecule has 2 aliphatic rings. The molecule has 2 aromatic rings. The molecule has 1 aromatic heterocycles. The third kappa shape index (κ3) is 4.53. The van der Waals surface area contributed by atoms with Crippen LogP contribution < -0.4 is 16.4 Å². The number of hydrogen-bond acceptors (Lipinski definition) is 9. The van der Waals surface area contributed by atoms with Gasteiger partial charge in [-0.25, -0.2) is 0 Å². The number of aromatic nitrogens is 2. The quantitative estimate of drug-likeness (QED) is 0.539. The van der Waals surface area contributed by atoms with Crippen molar-refractivity contribution in [3.8, 4) is 6.07 Å². The minimum Gasteiger partial charge on any atom is -0.384 e. The Bertz CT molecular complexity index is 1310. The minimum absolute atomic E-state index is 0.0556. The molecule has 0 radical (unpaired) electrons. The van der Waals surface area contributed by atoms with Crippen molar-refractivity contribution in [1.82, 2.24) is 10.2 Å². The summed E-state index contributed by atoms with van der Waals surface area (Å²) in [6.45, 7) is 4.01. The number of nitrogens with zero attached hydrogens (tertiary/aromatic N) is 4. The lowest BCUT2D eigenvalue weighted by molar-refractivity contribution is -0.118. The largest absolute Gasteiger partial charge is 0.384 e. The topological polar surface area (TPSA) is 139 Å². The zero-order valence-electron chi connectivity index (χ0n) is 18.3. The molecule has 0 saturated heterocycles. The maximum absolute atomic E-state index is 13.5. The molecule has 0 bridgehead atoms. The first-order chi connectivity index (χ1) is 16.0. The molecule has 34 heavy (non-hydrogen) atoms. The number of carbonyl (C=O) groups is 2. The number of benzene rings is 1. The molecular weight excluding hydrogens is 515 g/mol. The summed E-state index contributed by atoms with van der Waals surface area (Å²) in [6, 6.07) is 7.16. The van der Waals surface area contributed by atoms with E-state index in [4.69, 9.17) is 34.7 Å². The van der Waals surface area contributed by atoms with Crippen LogP contribution in [0.1, 0.15) is 38.2 Å². The SMILES string of the molecule is CC1(C)CC(=O)C2=C(C1)N(c1nnc(SCC(N)=O)s1)C(N)=C(C#N)C2c1ccc(Cl)cc1Cl. The van der Waals surface area contributed by atoms with Gasteiger partial charge in [0.1, 0.15) is 5.82 Å². The highest BCUT2D eigenvalue weighted by molar-refractivity contribution is 8.01. The van der Waals surface area contributed by atoms with E-state index in [0.29, 0.717) is 49.2 Å². The van der Waals surface area contributed by atoms with Crippen LogP contribution in [0, 0.1) is 16.7 Å². The Balaban J connectivity index is 1.91. The van der Waals surface area contributed by atoms with E-state index in [1.54, 1.807) is 23.1 Å². The average molecular weight is 535 g/mol. The van der Waals surface area contributed by atoms with E-state index >= 15 is 0 Å². The summed E-state index contributed by atoms with van der Waals surface area (Å²) in [5, 5.41) is 19.7. The summed E-state index contributed by atoms with van der Waals surface area (Å²) in [5.74, 6) is -1.06. The van der Waals surface area contributed by atoms with Gasteiger partial charge < -0.3 is 11.5 Å². The maximum atomic E-state index is 13.5. The molecule has 1 amide bonds. The second-order valence-corrected chi connectivity index (χ2v) is 11.8. The van der Waals surface area contributed by atoms with Crippen molar-refractivity contribution in [2.24, 2.45) is 16.9 Å². The van der Waals surface area contributed by atoms with Crippen LogP contribution in [-0.2, 0) is 9.59 Å². The van der Waals surface area contributed by atoms with Crippen molar-refractivity contribution in [3.05, 3.63) is 56.5 Å². The van der Waals surface area contributed by atoms with Gasteiger partial charge in [-0.2, -0.15) is 5.26 Å². The molecular formula is C22H20Cl2N6O2S2. The van der Waals surface area contributed by atoms with Crippen LogP contribution in [-0.4, -0.2) is 27.6 Å². The van der Waals surface area contributed by atoms with Gasteiger partial charge in [0.05, 0.1) is 23.3 Å². The minimum atomic E-state index is -0.721. The van der Waals surface area contributed by atoms with Crippen molar-refractivity contribution in [1.29, 1.82) is 5.26 Å². The Morgan fingerprint density at radius 3 is 2.74 bits per heavy atom. The van der Waals surface area contributed by atoms with E-state index in [1.807, 2.05) is 13.8 Å². The molecule has 1 unspecified atom stereocenters. The number of anilines is 1. The number of halogens is 2. The Hall–Kier alpha value is -2.58. The van der Waals surface area contributed by atoms with Gasteiger partial charge in [0.15, 0.2) is 10.1 Å². The molecule has 0 saturated carbocycles. The lowest BCUT2D eigenvalue weighted by Crippen LogP contribution is -2.42. The summed E-state index contributed by atoms with van der Waals surface area (Å²) in [7, 11) is 0. The molecule has 1 aromatic carbocycles. The van der Waals surface area contributed by atoms with Crippen LogP contribution in [0.2, 0.25) is 10.0 Å². The Morgan fingerprint density at radius 1 is 1.35 bits per heavy atom. The van der Waals surface area contributed by atoms with Crippen LogP contribution in [0.3, 0.4) is 0 Å². The molecule has 8 nitrogen and oxygen atoms in total. The molecule has 1 aliphatic heterocycles. The number of Topliss-reactive ketones (excluding diaryl/α,β-unsaturated/α-hetero) is 1. The number of amides is 1. The molecule has 1 atom stereocenters. The van der Waals surface area contributed by atoms with Crippen molar-refractivity contribution in [2.45, 2.75) is 36.9 Å². The summed E-state index contributed by atoms with van der Waals surface area (Å²) >= 11 is 15.0. The number of allylic oxidation sites excluding steroid dienone is 3. The monoisotopic (exact) mass is 534 g/mol. The first kappa shape index (κ1) is 24.5. The van der Waals surface area contributed by atoms with Crippen LogP contribution in [0.25, 0.3) is 0 Å². The van der Waals surface area contributed by atoms with Gasteiger partial charge >= 0.3 is 0 Å². The van der Waals surface area contributed by atoms with Gasteiger partial charge in [0.2, 0.25) is 11.0 Å². The van der Waals surface area contributed by atoms with Crippen molar-refractivity contribution < 1.29 is 9.59 Å². The van der Waals surface area contributed by atoms with Crippen molar-refractivity contribution >= 4 is 63.1 Å². The average Bonchev–Trinajstić information content (AvgIpc) is 3.19. The molecule has 4 rings (SSSR count). The molecule has 2 heterocycles. The van der Waals surface area contributed by atoms with E-state index in [1.165, 1.54) is 11.3 Å². The third-order valence-corrected chi connectivity index (χ3v) is 8.21. The van der Waals surface area contributed by atoms with E-state index in [0.717, 1.165) is 11.8 Å². The predicted octanol–water partition coefficient (Wildman–Crippen LogP) is 4.36. The first-order valence-corrected chi connectivity index (χ1v) is 12.7. The number of thioether (sulfide) groups is 1. The van der Waals surface area contributed by atoms with Crippen LogP contribution in [0.4, 0.5) is 5.13 Å². The van der Waals surface area contributed by atoms with Crippen LogP contribution in [0.5, 0.6) is 0 Å². The Kier molecular flexibility index (Phi) is 6.66. The highest BCUT2D eigenvalue weighted by Gasteiger charge is 2.45. The second kappa shape index (κ2) is 9.23. The first-order valence-electron chi connectivity index (χ1n) is 10.2. The maximum Gasteiger partial charge on any atom is 0.227 e. The fraction of sp³-hybridized carbons (Fsp3) is 0.318. The van der Waals surface area contributed by atoms with E-state index in [-0.39, 0.29) is 28.3 Å². The van der Waals surface area contributed by atoms with Crippen molar-refractivity contribution in [3.63, 3.8) is 0 Å². The van der Waals surface area contributed by atoms with Gasteiger partial charge in [0, 0.05) is 27.7 Å². The summed E-state index contributed by atoms with van der Waals surface area (Å²) in [4.78, 5) is 26.3. The molecule has 1 aliphatic carbocycles. The zero-order valence-corrected chi connectivity index (χ0v) is 21.4. The highest BCUT2D eigenvalue weighted by atomic mass is 35.5. The lowest BCUT2D eigenvalue weighted by atomic mass is 9.68. The van der Waals surface area contributed by atoms with Crippen LogP contribution >= 0.6 is 46.3 Å². The molecule has 176 valence electrons. The summed E-state index contributed by atoms with van der Waals surface area (Å²) < 4.78 is 0.520. The molecule has 0 spiro atoms. The number of hydrogen-bond donors (Lipinski definition) is 2. The smallest absolute Gasteiger partial charge is 0.227 e. The Morgan fingerprint density at radius 2 is 2.09 bits per heavy atom. The van der Waals surface area contributed by atoms with Gasteiger partial charge in [-0.05, 0) is 29.5 Å². The normalized spacial score (nSPS) is 19.8.